The first kappa shape index (κ1) is 13.8. The highest BCUT2D eigenvalue weighted by molar-refractivity contribution is 5.36. The first-order chi connectivity index (χ1) is 9.26. The fraction of sp³-hybridized carbons (Fsp3) is 0.750. The number of hydrogen-bond donors (Lipinski definition) is 2. The van der Waals surface area contributed by atoms with E-state index in [1.165, 1.54) is 0 Å². The van der Waals surface area contributed by atoms with Gasteiger partial charge in [0.2, 0.25) is 11.9 Å². The number of nitrogens with one attached hydrogen (secondary N) is 2. The molecule has 2 rings (SSSR count). The maximum absolute atomic E-state index is 5.45. The molecule has 2 atom stereocenters. The highest BCUT2D eigenvalue weighted by Gasteiger charge is 2.27. The molecular formula is C12H21N5O2. The summed E-state index contributed by atoms with van der Waals surface area (Å²) in [6, 6.07) is 0.572. The number of methoxy groups -OCH3 is 1. The molecule has 2 N–H and O–H groups in total. The predicted octanol–water partition coefficient (Wildman–Crippen LogP) is 1.29. The monoisotopic (exact) mass is 267 g/mol. The molecule has 1 heterocycles. The van der Waals surface area contributed by atoms with Crippen molar-refractivity contribution in [2.24, 2.45) is 0 Å². The summed E-state index contributed by atoms with van der Waals surface area (Å²) in [5.41, 5.74) is 0. The van der Waals surface area contributed by atoms with Gasteiger partial charge in [0.25, 0.3) is 0 Å². The number of anilines is 2. The van der Waals surface area contributed by atoms with Crippen molar-refractivity contribution in [1.82, 2.24) is 15.0 Å². The van der Waals surface area contributed by atoms with E-state index in [0.29, 0.717) is 24.5 Å². The van der Waals surface area contributed by atoms with Crippen LogP contribution >= 0.6 is 0 Å². The van der Waals surface area contributed by atoms with Crippen LogP contribution in [0.4, 0.5) is 11.9 Å². The number of rotatable bonds is 6. The lowest BCUT2D eigenvalue weighted by molar-refractivity contribution is 0.101. The van der Waals surface area contributed by atoms with Crippen LogP contribution in [-0.2, 0) is 4.74 Å². The van der Waals surface area contributed by atoms with E-state index >= 15 is 0 Å². The van der Waals surface area contributed by atoms with E-state index in [9.17, 15) is 0 Å². The summed E-state index contributed by atoms with van der Waals surface area (Å²) in [7, 11) is 3.51. The van der Waals surface area contributed by atoms with Crippen molar-refractivity contribution in [2.45, 2.75) is 38.3 Å². The summed E-state index contributed by atoms with van der Waals surface area (Å²) in [5.74, 6) is 1.02. The molecule has 2 unspecified atom stereocenters. The Kier molecular flexibility index (Phi) is 4.73. The molecule has 0 radical (unpaired) electrons. The zero-order chi connectivity index (χ0) is 13.7. The average Bonchev–Trinajstić information content (AvgIpc) is 2.86. The third kappa shape index (κ3) is 3.44. The summed E-state index contributed by atoms with van der Waals surface area (Å²) < 4.78 is 10.8. The van der Waals surface area contributed by atoms with Crippen molar-refractivity contribution in [3.8, 4) is 6.01 Å². The molecule has 0 saturated heterocycles. The second-order valence-electron chi connectivity index (χ2n) is 4.40. The molecule has 0 spiro atoms. The molecule has 1 aromatic heterocycles. The lowest BCUT2D eigenvalue weighted by atomic mass is 10.2. The third-order valence-corrected chi connectivity index (χ3v) is 3.18. The van der Waals surface area contributed by atoms with Crippen LogP contribution in [-0.4, -0.2) is 47.9 Å². The highest BCUT2D eigenvalue weighted by Crippen LogP contribution is 2.24. The highest BCUT2D eigenvalue weighted by atomic mass is 16.5. The summed E-state index contributed by atoms with van der Waals surface area (Å²) in [6.07, 6.45) is 3.49. The normalized spacial score (nSPS) is 22.3. The molecule has 7 nitrogen and oxygen atoms in total. The quantitative estimate of drug-likeness (QED) is 0.803. The molecular weight excluding hydrogens is 246 g/mol. The van der Waals surface area contributed by atoms with Crippen molar-refractivity contribution in [1.29, 1.82) is 0 Å². The Morgan fingerprint density at radius 3 is 2.68 bits per heavy atom. The molecule has 1 aromatic rings. The van der Waals surface area contributed by atoms with E-state index in [1.54, 1.807) is 14.2 Å². The third-order valence-electron chi connectivity index (χ3n) is 3.18. The maximum Gasteiger partial charge on any atom is 0.323 e. The van der Waals surface area contributed by atoms with Crippen LogP contribution in [0.25, 0.3) is 0 Å². The van der Waals surface area contributed by atoms with Gasteiger partial charge < -0.3 is 20.1 Å². The molecule has 106 valence electrons. The standard InChI is InChI=1S/C12H21N5O2/c1-4-19-12-16-10(13-2)15-11(17-12)14-8-6-5-7-9(8)18-3/h8-9H,4-7H2,1-3H3,(H2,13,14,15,16,17). The van der Waals surface area contributed by atoms with Gasteiger partial charge in [0, 0.05) is 14.2 Å². The molecule has 1 fully saturated rings. The van der Waals surface area contributed by atoms with Gasteiger partial charge >= 0.3 is 6.01 Å². The first-order valence-electron chi connectivity index (χ1n) is 6.62. The van der Waals surface area contributed by atoms with Gasteiger partial charge in [0.1, 0.15) is 0 Å². The molecule has 0 amide bonds. The lowest BCUT2D eigenvalue weighted by Crippen LogP contribution is -2.30. The Morgan fingerprint density at radius 2 is 2.00 bits per heavy atom. The minimum atomic E-state index is 0.213. The van der Waals surface area contributed by atoms with Crippen molar-refractivity contribution in [3.05, 3.63) is 0 Å². The zero-order valence-corrected chi connectivity index (χ0v) is 11.6. The van der Waals surface area contributed by atoms with Gasteiger partial charge in [-0.2, -0.15) is 15.0 Å². The minimum Gasteiger partial charge on any atom is -0.464 e. The smallest absolute Gasteiger partial charge is 0.323 e. The number of ether oxygens (including phenoxy) is 2. The number of aromatic nitrogens is 3. The molecule has 0 aliphatic heterocycles. The van der Waals surface area contributed by atoms with E-state index < -0.39 is 0 Å². The molecule has 1 aliphatic carbocycles. The van der Waals surface area contributed by atoms with E-state index in [2.05, 4.69) is 25.6 Å². The molecule has 7 heteroatoms. The van der Waals surface area contributed by atoms with Crippen LogP contribution in [0.1, 0.15) is 26.2 Å². The summed E-state index contributed by atoms with van der Waals surface area (Å²) >= 11 is 0. The van der Waals surface area contributed by atoms with Gasteiger partial charge in [-0.3, -0.25) is 0 Å². The summed E-state index contributed by atoms with van der Waals surface area (Å²) in [6.45, 7) is 2.42. The Balaban J connectivity index is 2.12. The van der Waals surface area contributed by atoms with Crippen LogP contribution in [0.3, 0.4) is 0 Å². The molecule has 1 aliphatic rings. The molecule has 0 bridgehead atoms. The number of hydrogen-bond acceptors (Lipinski definition) is 7. The van der Waals surface area contributed by atoms with Crippen LogP contribution in [0.2, 0.25) is 0 Å². The average molecular weight is 267 g/mol. The maximum atomic E-state index is 5.45. The van der Waals surface area contributed by atoms with Crippen LogP contribution in [0, 0.1) is 0 Å². The SMILES string of the molecule is CCOc1nc(NC)nc(NC2CCCC2OC)n1. The van der Waals surface area contributed by atoms with E-state index in [1.807, 2.05) is 6.92 Å². The van der Waals surface area contributed by atoms with Gasteiger partial charge in [-0.1, -0.05) is 0 Å². The fourth-order valence-electron chi connectivity index (χ4n) is 2.27. The van der Waals surface area contributed by atoms with Crippen molar-refractivity contribution in [3.63, 3.8) is 0 Å². The minimum absolute atomic E-state index is 0.213. The van der Waals surface area contributed by atoms with E-state index in [-0.39, 0.29) is 12.1 Å². The zero-order valence-electron chi connectivity index (χ0n) is 11.6. The Labute approximate surface area is 113 Å². The van der Waals surface area contributed by atoms with Crippen molar-refractivity contribution >= 4 is 11.9 Å². The Hall–Kier alpha value is -1.63. The topological polar surface area (TPSA) is 81.2 Å². The van der Waals surface area contributed by atoms with Gasteiger partial charge in [0.05, 0.1) is 18.8 Å². The van der Waals surface area contributed by atoms with Crippen molar-refractivity contribution in [2.75, 3.05) is 31.4 Å². The first-order valence-corrected chi connectivity index (χ1v) is 6.62. The van der Waals surface area contributed by atoms with Crippen LogP contribution in [0.5, 0.6) is 6.01 Å². The van der Waals surface area contributed by atoms with Gasteiger partial charge in [-0.05, 0) is 26.2 Å². The molecule has 19 heavy (non-hydrogen) atoms. The van der Waals surface area contributed by atoms with Gasteiger partial charge in [-0.15, -0.1) is 0 Å². The second kappa shape index (κ2) is 6.51. The fourth-order valence-corrected chi connectivity index (χ4v) is 2.27. The van der Waals surface area contributed by atoms with Gasteiger partial charge in [-0.25, -0.2) is 0 Å². The molecule has 0 aromatic carbocycles. The summed E-state index contributed by atoms with van der Waals surface area (Å²) in [5, 5.41) is 6.21. The predicted molar refractivity (Wildman–Crippen MR) is 72.6 cm³/mol. The van der Waals surface area contributed by atoms with Gasteiger partial charge in [0.15, 0.2) is 0 Å². The van der Waals surface area contributed by atoms with E-state index in [4.69, 9.17) is 9.47 Å². The summed E-state index contributed by atoms with van der Waals surface area (Å²) in [4.78, 5) is 12.7. The number of nitrogens with zero attached hydrogens (tertiary/aromatic N) is 3. The lowest BCUT2D eigenvalue weighted by Gasteiger charge is -2.19. The molecule has 1 saturated carbocycles. The van der Waals surface area contributed by atoms with Crippen molar-refractivity contribution < 1.29 is 9.47 Å². The van der Waals surface area contributed by atoms with E-state index in [0.717, 1.165) is 19.3 Å². The second-order valence-corrected chi connectivity index (χ2v) is 4.40. The largest absolute Gasteiger partial charge is 0.464 e. The Morgan fingerprint density at radius 1 is 1.21 bits per heavy atom. The van der Waals surface area contributed by atoms with Crippen LogP contribution in [0.15, 0.2) is 0 Å². The Bertz CT molecular complexity index is 415. The van der Waals surface area contributed by atoms with Crippen LogP contribution < -0.4 is 15.4 Å².